The van der Waals surface area contributed by atoms with Gasteiger partial charge in [0.25, 0.3) is 0 Å². The van der Waals surface area contributed by atoms with Crippen molar-refractivity contribution in [2.24, 2.45) is 0 Å². The fourth-order valence-corrected chi connectivity index (χ4v) is 3.31. The van der Waals surface area contributed by atoms with Crippen LogP contribution in [0.1, 0.15) is 24.1 Å². The van der Waals surface area contributed by atoms with E-state index in [1.807, 2.05) is 72.5 Å². The van der Waals surface area contributed by atoms with Crippen molar-refractivity contribution in [2.45, 2.75) is 13.0 Å². The Morgan fingerprint density at radius 3 is 2.11 bits per heavy atom. The van der Waals surface area contributed by atoms with Crippen LogP contribution in [0.25, 0.3) is 5.57 Å². The van der Waals surface area contributed by atoms with E-state index in [0.717, 1.165) is 29.8 Å². The second-order valence-corrected chi connectivity index (χ2v) is 7.17. The van der Waals surface area contributed by atoms with Gasteiger partial charge in [0, 0.05) is 32.3 Å². The first-order valence-corrected chi connectivity index (χ1v) is 9.61. The van der Waals surface area contributed by atoms with Gasteiger partial charge in [0.2, 0.25) is 11.8 Å². The van der Waals surface area contributed by atoms with Gasteiger partial charge < -0.3 is 15.1 Å². The van der Waals surface area contributed by atoms with E-state index in [-0.39, 0.29) is 11.8 Å². The van der Waals surface area contributed by atoms with Gasteiger partial charge in [-0.2, -0.15) is 0 Å². The largest absolute Gasteiger partial charge is 0.338 e. The normalized spacial score (nSPS) is 16.5. The third kappa shape index (κ3) is 5.08. The van der Waals surface area contributed by atoms with Crippen LogP contribution in [0.3, 0.4) is 0 Å². The zero-order valence-corrected chi connectivity index (χ0v) is 16.5. The summed E-state index contributed by atoms with van der Waals surface area (Å²) in [6.07, 6.45) is 1.56. The van der Waals surface area contributed by atoms with Crippen LogP contribution in [0.5, 0.6) is 0 Å². The van der Waals surface area contributed by atoms with Crippen molar-refractivity contribution >= 4 is 17.4 Å². The lowest BCUT2D eigenvalue weighted by molar-refractivity contribution is -0.137. The Morgan fingerprint density at radius 2 is 1.50 bits per heavy atom. The van der Waals surface area contributed by atoms with Crippen molar-refractivity contribution in [2.75, 3.05) is 33.2 Å². The molecule has 1 saturated heterocycles. The summed E-state index contributed by atoms with van der Waals surface area (Å²) >= 11 is 0. The molecule has 0 saturated carbocycles. The van der Waals surface area contributed by atoms with Crippen LogP contribution in [-0.2, 0) is 9.59 Å². The maximum atomic E-state index is 13.2. The van der Waals surface area contributed by atoms with Crippen molar-refractivity contribution in [3.8, 4) is 0 Å². The van der Waals surface area contributed by atoms with Crippen molar-refractivity contribution in [3.63, 3.8) is 0 Å². The van der Waals surface area contributed by atoms with Crippen LogP contribution in [0.4, 0.5) is 0 Å². The SMILES string of the molecule is C/C(=C\C(=O)N[C@H](C(=O)N1CCN(C)CC1)c1ccccc1)c1ccccc1. The van der Waals surface area contributed by atoms with Crippen molar-refractivity contribution in [3.05, 3.63) is 77.9 Å². The highest BCUT2D eigenvalue weighted by molar-refractivity contribution is 5.98. The van der Waals surface area contributed by atoms with Gasteiger partial charge in [-0.05, 0) is 30.7 Å². The molecule has 3 rings (SSSR count). The van der Waals surface area contributed by atoms with Crippen LogP contribution in [-0.4, -0.2) is 54.8 Å². The molecule has 0 unspecified atom stereocenters. The van der Waals surface area contributed by atoms with Crippen LogP contribution >= 0.6 is 0 Å². The number of benzene rings is 2. The Bertz CT molecular complexity index is 825. The van der Waals surface area contributed by atoms with Gasteiger partial charge in [-0.3, -0.25) is 9.59 Å². The quantitative estimate of drug-likeness (QED) is 0.815. The number of carbonyl (C=O) groups excluding carboxylic acids is 2. The van der Waals surface area contributed by atoms with E-state index in [1.54, 1.807) is 6.08 Å². The van der Waals surface area contributed by atoms with Gasteiger partial charge in [0.15, 0.2) is 0 Å². The summed E-state index contributed by atoms with van der Waals surface area (Å²) in [6.45, 7) is 4.93. The highest BCUT2D eigenvalue weighted by Gasteiger charge is 2.28. The van der Waals surface area contributed by atoms with Gasteiger partial charge in [-0.1, -0.05) is 60.7 Å². The molecule has 2 amide bonds. The number of rotatable bonds is 5. The molecule has 1 atom stereocenters. The first-order valence-electron chi connectivity index (χ1n) is 9.61. The molecule has 0 radical (unpaired) electrons. The van der Waals surface area contributed by atoms with E-state index in [2.05, 4.69) is 17.3 Å². The molecule has 5 heteroatoms. The molecule has 1 fully saturated rings. The summed E-state index contributed by atoms with van der Waals surface area (Å²) in [4.78, 5) is 29.9. The molecule has 1 N–H and O–H groups in total. The molecule has 1 heterocycles. The van der Waals surface area contributed by atoms with E-state index >= 15 is 0 Å². The van der Waals surface area contributed by atoms with Crippen LogP contribution in [0.15, 0.2) is 66.7 Å². The van der Waals surface area contributed by atoms with Gasteiger partial charge in [0.05, 0.1) is 0 Å². The van der Waals surface area contributed by atoms with Gasteiger partial charge in [0.1, 0.15) is 6.04 Å². The molecule has 1 aliphatic rings. The average Bonchev–Trinajstić information content (AvgIpc) is 2.73. The average molecular weight is 377 g/mol. The van der Waals surface area contributed by atoms with E-state index in [1.165, 1.54) is 0 Å². The first kappa shape index (κ1) is 19.8. The van der Waals surface area contributed by atoms with Gasteiger partial charge in [-0.15, -0.1) is 0 Å². The van der Waals surface area contributed by atoms with Crippen molar-refractivity contribution in [1.82, 2.24) is 15.1 Å². The number of allylic oxidation sites excluding steroid dienone is 1. The fraction of sp³-hybridized carbons (Fsp3) is 0.304. The van der Waals surface area contributed by atoms with Crippen LogP contribution in [0, 0.1) is 0 Å². The third-order valence-electron chi connectivity index (χ3n) is 5.06. The van der Waals surface area contributed by atoms with E-state index in [4.69, 9.17) is 0 Å². The highest BCUT2D eigenvalue weighted by atomic mass is 16.2. The Hall–Kier alpha value is -2.92. The van der Waals surface area contributed by atoms with Crippen LogP contribution < -0.4 is 5.32 Å². The molecular weight excluding hydrogens is 350 g/mol. The molecular formula is C23H27N3O2. The zero-order chi connectivity index (χ0) is 19.9. The maximum absolute atomic E-state index is 13.2. The molecule has 0 bridgehead atoms. The second-order valence-electron chi connectivity index (χ2n) is 7.17. The summed E-state index contributed by atoms with van der Waals surface area (Å²) < 4.78 is 0. The summed E-state index contributed by atoms with van der Waals surface area (Å²) in [7, 11) is 2.05. The lowest BCUT2D eigenvalue weighted by Crippen LogP contribution is -2.51. The molecule has 2 aromatic carbocycles. The van der Waals surface area contributed by atoms with E-state index < -0.39 is 6.04 Å². The Morgan fingerprint density at radius 1 is 0.929 bits per heavy atom. The monoisotopic (exact) mass is 377 g/mol. The maximum Gasteiger partial charge on any atom is 0.249 e. The Balaban J connectivity index is 1.78. The molecule has 0 aromatic heterocycles. The van der Waals surface area contributed by atoms with E-state index in [9.17, 15) is 9.59 Å². The summed E-state index contributed by atoms with van der Waals surface area (Å²) in [5.74, 6) is -0.323. The fourth-order valence-electron chi connectivity index (χ4n) is 3.31. The molecule has 0 spiro atoms. The number of carbonyl (C=O) groups is 2. The first-order chi connectivity index (χ1) is 13.5. The van der Waals surface area contributed by atoms with E-state index in [0.29, 0.717) is 13.1 Å². The number of likely N-dealkylation sites (N-methyl/N-ethyl adjacent to an activating group) is 1. The van der Waals surface area contributed by atoms with Crippen molar-refractivity contribution in [1.29, 1.82) is 0 Å². The molecule has 28 heavy (non-hydrogen) atoms. The minimum Gasteiger partial charge on any atom is -0.338 e. The number of amides is 2. The topological polar surface area (TPSA) is 52.7 Å². The summed E-state index contributed by atoms with van der Waals surface area (Å²) in [5, 5.41) is 2.92. The predicted octanol–water partition coefficient (Wildman–Crippen LogP) is 2.72. The molecule has 1 aliphatic heterocycles. The van der Waals surface area contributed by atoms with Gasteiger partial charge >= 0.3 is 0 Å². The lowest BCUT2D eigenvalue weighted by atomic mass is 10.0. The zero-order valence-electron chi connectivity index (χ0n) is 16.5. The third-order valence-corrected chi connectivity index (χ3v) is 5.06. The van der Waals surface area contributed by atoms with Crippen molar-refractivity contribution < 1.29 is 9.59 Å². The van der Waals surface area contributed by atoms with Crippen LogP contribution in [0.2, 0.25) is 0 Å². The molecule has 5 nitrogen and oxygen atoms in total. The minimum atomic E-state index is -0.683. The Labute approximate surface area is 166 Å². The molecule has 2 aromatic rings. The number of piperazine rings is 1. The second kappa shape index (κ2) is 9.33. The Kier molecular flexibility index (Phi) is 6.61. The number of nitrogens with one attached hydrogen (secondary N) is 1. The minimum absolute atomic E-state index is 0.0570. The van der Waals surface area contributed by atoms with Gasteiger partial charge in [-0.25, -0.2) is 0 Å². The predicted molar refractivity (Wildman–Crippen MR) is 111 cm³/mol. The summed E-state index contributed by atoms with van der Waals surface area (Å²) in [6, 6.07) is 18.5. The molecule has 146 valence electrons. The number of hydrogen-bond acceptors (Lipinski definition) is 3. The summed E-state index contributed by atoms with van der Waals surface area (Å²) in [5.41, 5.74) is 2.64. The lowest BCUT2D eigenvalue weighted by Gasteiger charge is -2.34. The molecule has 0 aliphatic carbocycles. The number of hydrogen-bond donors (Lipinski definition) is 1. The smallest absolute Gasteiger partial charge is 0.249 e. The highest BCUT2D eigenvalue weighted by Crippen LogP contribution is 2.18. The standard InChI is InChI=1S/C23H27N3O2/c1-18(19-9-5-3-6-10-19)17-21(27)24-22(20-11-7-4-8-12-20)23(28)26-15-13-25(2)14-16-26/h3-12,17,22H,13-16H2,1-2H3,(H,24,27)/b18-17+/t22-/m0/s1. The number of nitrogens with zero attached hydrogens (tertiary/aromatic N) is 2.